The Morgan fingerprint density at radius 2 is 2.14 bits per heavy atom. The van der Waals surface area contributed by atoms with Crippen LogP contribution in [0.15, 0.2) is 24.3 Å². The second-order valence-electron chi connectivity index (χ2n) is 5.76. The molecule has 2 aromatic rings. The van der Waals surface area contributed by atoms with Crippen LogP contribution in [-0.2, 0) is 6.67 Å². The molecule has 0 radical (unpaired) electrons. The van der Waals surface area contributed by atoms with Gasteiger partial charge >= 0.3 is 0 Å². The molecular formula is C17H18FN3O. The summed E-state index contributed by atoms with van der Waals surface area (Å²) in [5.74, 6) is 0.585. The predicted molar refractivity (Wildman–Crippen MR) is 84.9 cm³/mol. The van der Waals surface area contributed by atoms with Gasteiger partial charge < -0.3 is 16.2 Å². The van der Waals surface area contributed by atoms with Crippen LogP contribution in [-0.4, -0.2) is 15.8 Å². The van der Waals surface area contributed by atoms with Gasteiger partial charge in [0.05, 0.1) is 5.69 Å². The lowest BCUT2D eigenvalue weighted by Crippen LogP contribution is -2.08. The summed E-state index contributed by atoms with van der Waals surface area (Å²) in [7, 11) is 0. The minimum Gasteiger partial charge on any atom is -0.507 e. The van der Waals surface area contributed by atoms with Crippen molar-refractivity contribution in [3.63, 3.8) is 0 Å². The third-order valence-electron chi connectivity index (χ3n) is 3.99. The van der Waals surface area contributed by atoms with E-state index in [1.807, 2.05) is 0 Å². The molecule has 0 aliphatic heterocycles. The lowest BCUT2D eigenvalue weighted by atomic mass is 9.99. The summed E-state index contributed by atoms with van der Waals surface area (Å²) in [5, 5.41) is 18.2. The molecule has 0 atom stereocenters. The number of nitrogens with one attached hydrogen (secondary N) is 1. The van der Waals surface area contributed by atoms with Crippen molar-refractivity contribution < 1.29 is 9.50 Å². The van der Waals surface area contributed by atoms with Crippen LogP contribution < -0.4 is 5.73 Å². The quantitative estimate of drug-likeness (QED) is 0.754. The van der Waals surface area contributed by atoms with E-state index in [4.69, 9.17) is 11.1 Å². The van der Waals surface area contributed by atoms with Crippen LogP contribution in [0.4, 0.5) is 10.2 Å². The number of benzene rings is 1. The first kappa shape index (κ1) is 14.5. The largest absolute Gasteiger partial charge is 0.507 e. The van der Waals surface area contributed by atoms with E-state index in [1.54, 1.807) is 25.1 Å². The summed E-state index contributed by atoms with van der Waals surface area (Å²) in [6.45, 7) is 1.17. The Kier molecular flexibility index (Phi) is 3.56. The number of phenolic OH excluding ortho intramolecular Hbond substituents is 1. The summed E-state index contributed by atoms with van der Waals surface area (Å²) in [4.78, 5) is 4.33. The molecular weight excluding hydrogens is 281 g/mol. The Morgan fingerprint density at radius 1 is 1.41 bits per heavy atom. The van der Waals surface area contributed by atoms with Gasteiger partial charge in [0.15, 0.2) is 0 Å². The van der Waals surface area contributed by atoms with Crippen LogP contribution in [0.3, 0.4) is 0 Å². The normalized spacial score (nSPS) is 14.1. The third kappa shape index (κ3) is 2.54. The van der Waals surface area contributed by atoms with Gasteiger partial charge in [-0.3, -0.25) is 0 Å². The van der Waals surface area contributed by atoms with E-state index in [1.165, 1.54) is 6.07 Å². The SMILES string of the molecule is Cc1cc(CF)cc(O)c1-c1ccc(C(=N)C2CC2)c(N)n1. The van der Waals surface area contributed by atoms with Crippen LogP contribution in [0.5, 0.6) is 5.75 Å². The second kappa shape index (κ2) is 5.40. The highest BCUT2D eigenvalue weighted by Crippen LogP contribution is 2.36. The molecule has 1 saturated carbocycles. The zero-order valence-electron chi connectivity index (χ0n) is 12.4. The van der Waals surface area contributed by atoms with E-state index in [-0.39, 0.29) is 5.75 Å². The molecule has 1 aromatic carbocycles. The number of hydrogen-bond donors (Lipinski definition) is 3. The minimum absolute atomic E-state index is 0.00966. The number of hydrogen-bond acceptors (Lipinski definition) is 4. The monoisotopic (exact) mass is 299 g/mol. The van der Waals surface area contributed by atoms with Gasteiger partial charge in [0.2, 0.25) is 0 Å². The van der Waals surface area contributed by atoms with Crippen LogP contribution in [0.2, 0.25) is 0 Å². The maximum atomic E-state index is 12.7. The molecule has 1 fully saturated rings. The molecule has 5 heteroatoms. The van der Waals surface area contributed by atoms with Crippen molar-refractivity contribution in [2.24, 2.45) is 5.92 Å². The maximum Gasteiger partial charge on any atom is 0.133 e. The number of aromatic nitrogens is 1. The Morgan fingerprint density at radius 3 is 2.68 bits per heavy atom. The Balaban J connectivity index is 2.02. The topological polar surface area (TPSA) is 83.0 Å². The van der Waals surface area contributed by atoms with Crippen molar-refractivity contribution in [1.29, 1.82) is 5.41 Å². The average molecular weight is 299 g/mol. The van der Waals surface area contributed by atoms with E-state index in [0.29, 0.717) is 39.8 Å². The zero-order valence-corrected chi connectivity index (χ0v) is 12.4. The smallest absolute Gasteiger partial charge is 0.133 e. The van der Waals surface area contributed by atoms with Gasteiger partial charge in [-0.1, -0.05) is 6.07 Å². The number of aryl methyl sites for hydroxylation is 1. The number of nitrogens with two attached hydrogens (primary N) is 1. The Labute approximate surface area is 128 Å². The van der Waals surface area contributed by atoms with E-state index < -0.39 is 6.67 Å². The summed E-state index contributed by atoms with van der Waals surface area (Å²) >= 11 is 0. The molecule has 0 bridgehead atoms. The van der Waals surface area contributed by atoms with Crippen molar-refractivity contribution in [2.75, 3.05) is 5.73 Å². The number of pyridine rings is 1. The summed E-state index contributed by atoms with van der Waals surface area (Å²) in [5.41, 5.74) is 9.43. The highest BCUT2D eigenvalue weighted by Gasteiger charge is 2.28. The number of nitrogens with zero attached hydrogens (tertiary/aromatic N) is 1. The van der Waals surface area contributed by atoms with Gasteiger partial charge in [-0.25, -0.2) is 9.37 Å². The first-order valence-electron chi connectivity index (χ1n) is 7.25. The van der Waals surface area contributed by atoms with Crippen LogP contribution >= 0.6 is 0 Å². The molecule has 1 aliphatic rings. The number of nitrogen functional groups attached to an aromatic ring is 1. The van der Waals surface area contributed by atoms with Crippen molar-refractivity contribution >= 4 is 11.5 Å². The lowest BCUT2D eigenvalue weighted by molar-refractivity contribution is 0.463. The summed E-state index contributed by atoms with van der Waals surface area (Å²) < 4.78 is 12.7. The number of aromatic hydroxyl groups is 1. The van der Waals surface area contributed by atoms with E-state index in [9.17, 15) is 9.50 Å². The van der Waals surface area contributed by atoms with Crippen LogP contribution in [0.25, 0.3) is 11.3 Å². The Bertz CT molecular complexity index is 731. The molecule has 114 valence electrons. The minimum atomic E-state index is -0.623. The molecule has 0 spiro atoms. The fraction of sp³-hybridized carbons (Fsp3) is 0.294. The predicted octanol–water partition coefficient (Wildman–Crippen LogP) is 3.59. The zero-order chi connectivity index (χ0) is 15.9. The average Bonchev–Trinajstić information content (AvgIpc) is 3.30. The molecule has 0 unspecified atom stereocenters. The molecule has 4 nitrogen and oxygen atoms in total. The van der Waals surface area contributed by atoms with Gasteiger partial charge in [-0.05, 0) is 49.1 Å². The second-order valence-corrected chi connectivity index (χ2v) is 5.76. The van der Waals surface area contributed by atoms with Crippen molar-refractivity contribution in [3.05, 3.63) is 41.0 Å². The molecule has 1 heterocycles. The molecule has 1 aliphatic carbocycles. The van der Waals surface area contributed by atoms with Crippen LogP contribution in [0, 0.1) is 18.3 Å². The number of halogens is 1. The maximum absolute atomic E-state index is 12.7. The highest BCUT2D eigenvalue weighted by atomic mass is 19.1. The standard InChI is InChI=1S/C17H18FN3O/c1-9-6-10(8-18)7-14(22)15(9)13-5-4-12(17(20)21-13)16(19)11-2-3-11/h4-7,11,19,22H,2-3,8H2,1H3,(H2,20,21). The highest BCUT2D eigenvalue weighted by molar-refractivity contribution is 6.05. The molecule has 1 aromatic heterocycles. The number of anilines is 1. The van der Waals surface area contributed by atoms with Crippen molar-refractivity contribution in [2.45, 2.75) is 26.4 Å². The van der Waals surface area contributed by atoms with E-state index >= 15 is 0 Å². The fourth-order valence-corrected chi connectivity index (χ4v) is 2.69. The van der Waals surface area contributed by atoms with Gasteiger partial charge in [-0.15, -0.1) is 0 Å². The number of alkyl halides is 1. The number of rotatable bonds is 4. The molecule has 3 rings (SSSR count). The van der Waals surface area contributed by atoms with Gasteiger partial charge in [0.1, 0.15) is 18.2 Å². The molecule has 0 saturated heterocycles. The van der Waals surface area contributed by atoms with Gasteiger partial charge in [-0.2, -0.15) is 0 Å². The van der Waals surface area contributed by atoms with Gasteiger partial charge in [0.25, 0.3) is 0 Å². The van der Waals surface area contributed by atoms with Crippen LogP contribution in [0.1, 0.15) is 29.5 Å². The van der Waals surface area contributed by atoms with Crippen molar-refractivity contribution in [1.82, 2.24) is 4.98 Å². The molecule has 0 amide bonds. The van der Waals surface area contributed by atoms with Crippen molar-refractivity contribution in [3.8, 4) is 17.0 Å². The summed E-state index contributed by atoms with van der Waals surface area (Å²) in [6, 6.07) is 6.62. The van der Waals surface area contributed by atoms with E-state index in [0.717, 1.165) is 18.4 Å². The third-order valence-corrected chi connectivity index (χ3v) is 3.99. The van der Waals surface area contributed by atoms with Gasteiger partial charge in [0, 0.05) is 22.8 Å². The number of phenols is 1. The molecule has 4 N–H and O–H groups in total. The Hall–Kier alpha value is -2.43. The summed E-state index contributed by atoms with van der Waals surface area (Å²) in [6.07, 6.45) is 2.06. The van der Waals surface area contributed by atoms with E-state index in [2.05, 4.69) is 4.98 Å². The molecule has 22 heavy (non-hydrogen) atoms. The first-order chi connectivity index (χ1) is 10.5. The first-order valence-corrected chi connectivity index (χ1v) is 7.25. The lowest BCUT2D eigenvalue weighted by Gasteiger charge is -2.12. The fourth-order valence-electron chi connectivity index (χ4n) is 2.69.